The van der Waals surface area contributed by atoms with E-state index in [1.807, 2.05) is 0 Å². The van der Waals surface area contributed by atoms with Gasteiger partial charge in [-0.2, -0.15) is 8.42 Å². The van der Waals surface area contributed by atoms with Gasteiger partial charge in [0.25, 0.3) is 10.1 Å². The summed E-state index contributed by atoms with van der Waals surface area (Å²) in [6.45, 7) is 11.8. The summed E-state index contributed by atoms with van der Waals surface area (Å²) in [6.07, 6.45) is 23.1. The molecular formula is C35H60NO3S+. The van der Waals surface area contributed by atoms with E-state index < -0.39 is 10.1 Å². The Morgan fingerprint density at radius 3 is 1.85 bits per heavy atom. The number of benzene rings is 1. The van der Waals surface area contributed by atoms with Crippen LogP contribution in [0.1, 0.15) is 117 Å². The molecule has 1 unspecified atom stereocenters. The zero-order valence-electron chi connectivity index (χ0n) is 26.5. The van der Waals surface area contributed by atoms with E-state index in [4.69, 9.17) is 4.55 Å². The molecule has 1 N–H and O–H groups in total. The van der Waals surface area contributed by atoms with Crippen molar-refractivity contribution in [3.05, 3.63) is 70.8 Å². The molecule has 0 heterocycles. The first-order valence-electron chi connectivity index (χ1n) is 15.8. The van der Waals surface area contributed by atoms with Gasteiger partial charge in [-0.25, -0.2) is 0 Å². The van der Waals surface area contributed by atoms with E-state index >= 15 is 0 Å². The molecule has 4 nitrogen and oxygen atoms in total. The minimum atomic E-state index is -3.87. The maximum atomic E-state index is 11.2. The number of hydrogen-bond acceptors (Lipinski definition) is 2. The fourth-order valence-electron chi connectivity index (χ4n) is 5.14. The van der Waals surface area contributed by atoms with Crippen molar-refractivity contribution in [2.45, 2.75) is 118 Å². The van der Waals surface area contributed by atoms with Crippen molar-refractivity contribution >= 4 is 10.1 Å². The lowest BCUT2D eigenvalue weighted by Crippen LogP contribution is -2.45. The van der Waals surface area contributed by atoms with Gasteiger partial charge in [0.05, 0.1) is 32.4 Å². The van der Waals surface area contributed by atoms with Gasteiger partial charge in [-0.1, -0.05) is 84.9 Å². The predicted molar refractivity (Wildman–Crippen MR) is 174 cm³/mol. The van der Waals surface area contributed by atoms with Crippen LogP contribution < -0.4 is 0 Å². The highest BCUT2D eigenvalue weighted by molar-refractivity contribution is 7.85. The second kappa shape index (κ2) is 21.1. The van der Waals surface area contributed by atoms with E-state index in [0.717, 1.165) is 56.2 Å². The quantitative estimate of drug-likeness (QED) is 0.0613. The van der Waals surface area contributed by atoms with Crippen molar-refractivity contribution in [2.24, 2.45) is 0 Å². The smallest absolute Gasteiger partial charge is 0.264 e. The van der Waals surface area contributed by atoms with Crippen LogP contribution >= 0.6 is 0 Å². The summed E-state index contributed by atoms with van der Waals surface area (Å²) in [5, 5.41) is 0. The molecule has 0 aliphatic carbocycles. The average molecular weight is 575 g/mol. The molecule has 0 spiro atoms. The van der Waals surface area contributed by atoms with Crippen LogP contribution in [0.2, 0.25) is 0 Å². The number of rotatable bonds is 23. The minimum Gasteiger partial charge on any atom is -0.323 e. The van der Waals surface area contributed by atoms with Crippen LogP contribution in [0.25, 0.3) is 0 Å². The van der Waals surface area contributed by atoms with E-state index in [0.29, 0.717) is 6.42 Å². The molecule has 0 saturated carbocycles. The van der Waals surface area contributed by atoms with Gasteiger partial charge in [0.15, 0.2) is 0 Å². The second-order valence-corrected chi connectivity index (χ2v) is 14.0. The summed E-state index contributed by atoms with van der Waals surface area (Å²) in [5.41, 5.74) is 5.74. The molecule has 1 aromatic carbocycles. The summed E-state index contributed by atoms with van der Waals surface area (Å²) in [5.74, 6) is -0.133. The molecule has 0 amide bonds. The number of unbranched alkanes of at least 4 members (excludes halogenated alkanes) is 7. The van der Waals surface area contributed by atoms with Gasteiger partial charge in [0.2, 0.25) is 0 Å². The maximum absolute atomic E-state index is 11.2. The van der Waals surface area contributed by atoms with E-state index in [2.05, 4.69) is 83.3 Å². The van der Waals surface area contributed by atoms with Crippen LogP contribution in [0, 0.1) is 0 Å². The maximum Gasteiger partial charge on any atom is 0.264 e. The molecule has 0 fully saturated rings. The largest absolute Gasteiger partial charge is 0.323 e. The topological polar surface area (TPSA) is 54.4 Å². The molecule has 40 heavy (non-hydrogen) atoms. The van der Waals surface area contributed by atoms with E-state index in [1.54, 1.807) is 0 Å². The Kier molecular flexibility index (Phi) is 19.1. The van der Waals surface area contributed by atoms with Gasteiger partial charge in [0.1, 0.15) is 0 Å². The molecule has 1 rings (SSSR count). The van der Waals surface area contributed by atoms with Crippen molar-refractivity contribution in [3.8, 4) is 0 Å². The van der Waals surface area contributed by atoms with Crippen LogP contribution in [-0.2, 0) is 16.5 Å². The Balaban J connectivity index is 2.42. The fourth-order valence-corrected chi connectivity index (χ4v) is 5.71. The van der Waals surface area contributed by atoms with Crippen molar-refractivity contribution in [1.82, 2.24) is 0 Å². The van der Waals surface area contributed by atoms with Gasteiger partial charge in [-0.05, 0) is 104 Å². The highest BCUT2D eigenvalue weighted by atomic mass is 32.2. The number of allylic oxidation sites excluding steroid dienone is 5. The molecule has 0 aromatic heterocycles. The summed E-state index contributed by atoms with van der Waals surface area (Å²) < 4.78 is 32.3. The first-order chi connectivity index (χ1) is 19.0. The van der Waals surface area contributed by atoms with Crippen LogP contribution in [-0.4, -0.2) is 49.9 Å². The third kappa shape index (κ3) is 21.1. The highest BCUT2D eigenvalue weighted by Gasteiger charge is 2.20. The van der Waals surface area contributed by atoms with E-state index in [-0.39, 0.29) is 5.75 Å². The number of likely N-dealkylation sites (N-methyl/N-ethyl adjacent to an activating group) is 1. The Labute approximate surface area is 248 Å². The fraction of sp³-hybridized carbons (Fsp3) is 0.657. The van der Waals surface area contributed by atoms with Crippen molar-refractivity contribution in [2.75, 3.05) is 32.4 Å². The van der Waals surface area contributed by atoms with Crippen molar-refractivity contribution in [3.63, 3.8) is 0 Å². The van der Waals surface area contributed by atoms with Crippen molar-refractivity contribution < 1.29 is 17.5 Å². The standard InChI is InChI=1S/C35H59NO3S/c1-32(2)20-18-21-33(3)22-19-23-34(4)27-30-36(5,29-16-17-31-40(37,38)39)28-15-10-8-6-7-9-12-24-35-25-13-11-14-26-35/h11,13-14,20,22,25-27H,6-10,12,15-19,21,23-24,28-31H2,1-5H3/p+1/b33-22+,34-27+. The summed E-state index contributed by atoms with van der Waals surface area (Å²) >= 11 is 0. The zero-order chi connectivity index (χ0) is 29.7. The molecule has 1 atom stereocenters. The van der Waals surface area contributed by atoms with Gasteiger partial charge in [-0.3, -0.25) is 4.55 Å². The van der Waals surface area contributed by atoms with Gasteiger partial charge in [0, 0.05) is 0 Å². The third-order valence-electron chi connectivity index (χ3n) is 7.86. The second-order valence-electron chi connectivity index (χ2n) is 12.4. The van der Waals surface area contributed by atoms with E-state index in [9.17, 15) is 8.42 Å². The van der Waals surface area contributed by atoms with Crippen molar-refractivity contribution in [1.29, 1.82) is 0 Å². The van der Waals surface area contributed by atoms with Gasteiger partial charge < -0.3 is 4.48 Å². The number of quaternary nitrogens is 1. The van der Waals surface area contributed by atoms with E-state index in [1.165, 1.54) is 73.6 Å². The predicted octanol–water partition coefficient (Wildman–Crippen LogP) is 9.49. The molecule has 0 radical (unpaired) electrons. The van der Waals surface area contributed by atoms with Crippen LogP contribution in [0.5, 0.6) is 0 Å². The molecular weight excluding hydrogens is 514 g/mol. The molecule has 228 valence electrons. The summed E-state index contributed by atoms with van der Waals surface area (Å²) in [4.78, 5) is 0. The lowest BCUT2D eigenvalue weighted by atomic mass is 10.0. The zero-order valence-corrected chi connectivity index (χ0v) is 27.3. The Bertz CT molecular complexity index is 991. The first-order valence-corrected chi connectivity index (χ1v) is 17.4. The lowest BCUT2D eigenvalue weighted by molar-refractivity contribution is -0.904. The summed E-state index contributed by atoms with van der Waals surface area (Å²) in [6, 6.07) is 10.8. The van der Waals surface area contributed by atoms with Crippen LogP contribution in [0.3, 0.4) is 0 Å². The highest BCUT2D eigenvalue weighted by Crippen LogP contribution is 2.16. The summed E-state index contributed by atoms with van der Waals surface area (Å²) in [7, 11) is -1.56. The Morgan fingerprint density at radius 1 is 0.725 bits per heavy atom. The average Bonchev–Trinajstić information content (AvgIpc) is 2.89. The molecule has 0 saturated heterocycles. The van der Waals surface area contributed by atoms with Gasteiger partial charge in [-0.15, -0.1) is 0 Å². The molecule has 0 aliphatic rings. The minimum absolute atomic E-state index is 0.133. The third-order valence-corrected chi connectivity index (χ3v) is 8.66. The Morgan fingerprint density at radius 2 is 1.25 bits per heavy atom. The molecule has 1 aromatic rings. The molecule has 5 heteroatoms. The van der Waals surface area contributed by atoms with Crippen LogP contribution in [0.15, 0.2) is 65.3 Å². The lowest BCUT2D eigenvalue weighted by Gasteiger charge is -2.34. The molecule has 0 aliphatic heterocycles. The SMILES string of the molecule is CC(C)=CCC/C(C)=C/CC/C(C)=C/C[N+](C)(CCCCCCCCCc1ccccc1)CCCCS(=O)(=O)O. The van der Waals surface area contributed by atoms with Crippen LogP contribution in [0.4, 0.5) is 0 Å². The van der Waals surface area contributed by atoms with Gasteiger partial charge >= 0.3 is 0 Å². The first kappa shape index (κ1) is 36.3. The number of nitrogens with zero attached hydrogens (tertiary/aromatic N) is 1. The molecule has 0 bridgehead atoms. The Hall–Kier alpha value is -1.69. The normalized spacial score (nSPS) is 14.2. The number of hydrogen-bond donors (Lipinski definition) is 1. The number of aryl methyl sites for hydroxylation is 1. The monoisotopic (exact) mass is 574 g/mol.